The van der Waals surface area contributed by atoms with Crippen molar-refractivity contribution in [2.45, 2.75) is 58.0 Å². The van der Waals surface area contributed by atoms with Gasteiger partial charge in [-0.1, -0.05) is 59.7 Å². The fourth-order valence-electron chi connectivity index (χ4n) is 9.01. The number of fused-ring (bicyclic) bond motifs is 6. The monoisotopic (exact) mass is 822 g/mol. The molecule has 6 unspecified atom stereocenters. The maximum absolute atomic E-state index is 13.3. The van der Waals surface area contributed by atoms with Crippen molar-refractivity contribution in [1.82, 2.24) is 0 Å². The fourth-order valence-corrected chi connectivity index (χ4v) is 9.01. The first-order chi connectivity index (χ1) is 31.7. The average Bonchev–Trinajstić information content (AvgIpc) is 3.79. The number of ketones is 1. The predicted molar refractivity (Wildman–Crippen MR) is 239 cm³/mol. The fraction of sp³-hybridized carbons (Fsp3) is 0.226. The molecule has 296 valence electrons. The Kier molecular flexibility index (Phi) is 15.9. The molecule has 1 aliphatic heterocycles. The lowest BCUT2D eigenvalue weighted by Crippen LogP contribution is -2.56. The van der Waals surface area contributed by atoms with Crippen molar-refractivity contribution < 1.29 is 14.3 Å². The molecule has 0 N–H and O–H groups in total. The summed E-state index contributed by atoms with van der Waals surface area (Å²) >= 11 is 0. The molecule has 4 fully saturated rings. The summed E-state index contributed by atoms with van der Waals surface area (Å²) in [7, 11) is 0. The summed E-state index contributed by atoms with van der Waals surface area (Å²) in [6, 6.07) is 0. The number of allylic oxidation sites excluding steroid dienone is 3. The smallest absolute Gasteiger partial charge is 0.306 e. The molecule has 0 aromatic rings. The average molecular weight is 823 g/mol. The van der Waals surface area contributed by atoms with Gasteiger partial charge in [-0.2, -0.15) is 0 Å². The summed E-state index contributed by atoms with van der Waals surface area (Å²) in [6.07, 6.45) is 4.60. The highest BCUT2D eigenvalue weighted by atomic mass is 16.6. The molecule has 0 radical (unpaired) electrons. The van der Waals surface area contributed by atoms with Crippen LogP contribution >= 0.6 is 0 Å². The highest BCUT2D eigenvalue weighted by Gasteiger charge is 2.72. The number of carbonyl (C=O) groups excluding carboxylic acids is 2. The normalized spacial score (nSPS) is 22.9. The molecule has 3 heteroatoms. The summed E-state index contributed by atoms with van der Waals surface area (Å²) in [5.74, 6) is -1.14. The Bertz CT molecular complexity index is 3830. The third kappa shape index (κ3) is 10.5. The summed E-state index contributed by atoms with van der Waals surface area (Å²) in [4.78, 5) is 26.5. The van der Waals surface area contributed by atoms with Gasteiger partial charge in [-0.3, -0.25) is 9.59 Å². The number of rotatable bonds is 0. The van der Waals surface area contributed by atoms with E-state index in [0.29, 0.717) is 48.0 Å². The van der Waals surface area contributed by atoms with Gasteiger partial charge in [0.1, 0.15) is 0 Å². The minimum absolute atomic E-state index is 0.0133. The molecule has 1 heterocycles. The van der Waals surface area contributed by atoms with Crippen LogP contribution in [0.1, 0.15) is 52.4 Å². The zero-order valence-electron chi connectivity index (χ0n) is 35.6. The maximum Gasteiger partial charge on any atom is 0.306 e. The first kappa shape index (κ1) is 46.0. The van der Waals surface area contributed by atoms with Gasteiger partial charge in [0.25, 0.3) is 0 Å². The lowest BCUT2D eigenvalue weighted by atomic mass is 9.44. The molecule has 1 spiro atoms. The van der Waals surface area contributed by atoms with Gasteiger partial charge in [0.15, 0.2) is 11.4 Å². The van der Waals surface area contributed by atoms with Crippen molar-refractivity contribution in [2.24, 2.45) is 28.6 Å². The van der Waals surface area contributed by atoms with Crippen LogP contribution in [0.5, 0.6) is 0 Å². The number of carbonyl (C=O) groups is 2. The summed E-state index contributed by atoms with van der Waals surface area (Å²) in [5, 5.41) is 0. The third-order valence-corrected chi connectivity index (χ3v) is 11.5. The lowest BCUT2D eigenvalue weighted by molar-refractivity contribution is -0.160. The molecule has 65 heavy (non-hydrogen) atoms. The Morgan fingerprint density at radius 1 is 0.508 bits per heavy atom. The molecular weight excluding hydrogens is 793 g/mol. The highest BCUT2D eigenvalue weighted by molar-refractivity contribution is 5.93. The highest BCUT2D eigenvalue weighted by Crippen LogP contribution is 2.73. The van der Waals surface area contributed by atoms with Crippen LogP contribution < -0.4 is 0 Å². The summed E-state index contributed by atoms with van der Waals surface area (Å²) in [5.41, 5.74) is 99.2. The maximum atomic E-state index is 13.3. The molecule has 5 aliphatic rings. The Balaban J connectivity index is 2.03. The van der Waals surface area contributed by atoms with E-state index in [2.05, 4.69) is 246 Å². The van der Waals surface area contributed by atoms with E-state index < -0.39 is 22.3 Å². The Labute approximate surface area is 377 Å². The van der Waals surface area contributed by atoms with Crippen LogP contribution in [0, 0.1) is 28.6 Å². The minimum Gasteiger partial charge on any atom is -0.453 e. The van der Waals surface area contributed by atoms with Crippen molar-refractivity contribution in [3.05, 3.63) is 267 Å². The van der Waals surface area contributed by atoms with Gasteiger partial charge in [0.05, 0.1) is 5.57 Å². The van der Waals surface area contributed by atoms with E-state index in [1.54, 1.807) is 6.08 Å². The van der Waals surface area contributed by atoms with Crippen LogP contribution in [0.25, 0.3) is 0 Å². The van der Waals surface area contributed by atoms with Gasteiger partial charge in [-0.15, -0.1) is 0 Å². The van der Waals surface area contributed by atoms with Gasteiger partial charge >= 0.3 is 5.97 Å². The van der Waals surface area contributed by atoms with E-state index in [9.17, 15) is 9.59 Å². The first-order valence-corrected chi connectivity index (χ1v) is 19.8. The number of esters is 1. The van der Waals surface area contributed by atoms with Gasteiger partial charge < -0.3 is 4.74 Å². The predicted octanol–water partition coefficient (Wildman–Crippen LogP) is 10.8. The van der Waals surface area contributed by atoms with Crippen molar-refractivity contribution in [3.8, 4) is 0 Å². The van der Waals surface area contributed by atoms with E-state index in [0.717, 1.165) is 12.0 Å². The topological polar surface area (TPSA) is 43.4 Å². The first-order valence-electron chi connectivity index (χ1n) is 19.8. The Hall–Kier alpha value is -10.1. The Morgan fingerprint density at radius 3 is 1.43 bits per heavy atom. The van der Waals surface area contributed by atoms with Crippen LogP contribution in [-0.4, -0.2) is 17.4 Å². The van der Waals surface area contributed by atoms with E-state index in [4.69, 9.17) is 4.74 Å². The van der Waals surface area contributed by atoms with Gasteiger partial charge in [-0.25, -0.2) is 0 Å². The molecule has 5 rings (SSSR count). The van der Waals surface area contributed by atoms with Crippen LogP contribution in [0.2, 0.25) is 0 Å². The molecule has 0 aromatic heterocycles. The van der Waals surface area contributed by atoms with Crippen molar-refractivity contribution in [1.29, 1.82) is 0 Å². The second-order valence-corrected chi connectivity index (χ2v) is 14.6. The van der Waals surface area contributed by atoms with Crippen LogP contribution in [0.3, 0.4) is 0 Å². The van der Waals surface area contributed by atoms with Gasteiger partial charge in [0, 0.05) is 53.2 Å². The molecule has 4 aliphatic carbocycles. The zero-order chi connectivity index (χ0) is 46.4. The van der Waals surface area contributed by atoms with E-state index >= 15 is 0 Å². The number of hydrogen-bond acceptors (Lipinski definition) is 3. The van der Waals surface area contributed by atoms with Gasteiger partial charge in [-0.05, 0) is 229 Å². The lowest BCUT2D eigenvalue weighted by Gasteiger charge is -2.58. The quantitative estimate of drug-likeness (QED) is 0.181. The standard InChI is InChI=1S/C62H30O3/c1-7-11-15-18-20-22-24-26-28-30-32-34-38-42-54-53(41-37-33-31-29-27-25-23-21-19-16-12-8-2)59-58-52(40-36-17-13-9-3)51(39-35-14-10-4)56-49-50(63)43-46-60(56,5)55(58)44-47-61(59,6)62(54)48-45-57(64)65-62/h49,55,58-59H,1-4,43-48H2,5-6H3. The van der Waals surface area contributed by atoms with Gasteiger partial charge in [0.2, 0.25) is 0 Å². The molecule has 6 atom stereocenters. The van der Waals surface area contributed by atoms with Crippen molar-refractivity contribution in [3.63, 3.8) is 0 Å². The molecule has 0 bridgehead atoms. The minimum atomic E-state index is -1.16. The van der Waals surface area contributed by atoms with E-state index in [-0.39, 0.29) is 30.0 Å². The molecule has 3 nitrogen and oxygen atoms in total. The molecule has 1 saturated heterocycles. The van der Waals surface area contributed by atoms with Crippen molar-refractivity contribution in [2.75, 3.05) is 0 Å². The molecular formula is C62H30O3. The second-order valence-electron chi connectivity index (χ2n) is 14.6. The van der Waals surface area contributed by atoms with E-state index in [1.807, 2.05) is 0 Å². The largest absolute Gasteiger partial charge is 0.453 e. The second kappa shape index (κ2) is 22.5. The zero-order valence-corrected chi connectivity index (χ0v) is 35.6. The van der Waals surface area contributed by atoms with Crippen LogP contribution in [0.15, 0.2) is 267 Å². The Morgan fingerprint density at radius 2 is 0.938 bits per heavy atom. The number of ether oxygens (including phenoxy) is 1. The molecule has 0 aromatic carbocycles. The summed E-state index contributed by atoms with van der Waals surface area (Å²) in [6.45, 7) is 18.3. The molecule has 0 amide bonds. The number of hydrogen-bond donors (Lipinski definition) is 0. The van der Waals surface area contributed by atoms with Crippen molar-refractivity contribution >= 4 is 11.8 Å². The van der Waals surface area contributed by atoms with Crippen LogP contribution in [-0.2, 0) is 14.3 Å². The third-order valence-electron chi connectivity index (χ3n) is 11.5. The SMILES string of the molecule is C=C=C=C=C=C=C=C=C=C=C=C=C=C=C=C1C(=C=C=C=C=C=C=C=C=C=C=C=C=C=C)C2C3C(=C=C=C=C=C=C)C(=C=C=C=C=C)C4=CC(=O)CCC4(C)C3CCC2(C)C12CCC(=O)O2. The molecule has 3 saturated carbocycles. The van der Waals surface area contributed by atoms with E-state index in [1.165, 1.54) is 0 Å². The summed E-state index contributed by atoms with van der Waals surface area (Å²) < 4.78 is 6.49. The van der Waals surface area contributed by atoms with Crippen LogP contribution in [0.4, 0.5) is 0 Å².